The molecule has 0 unspecified atom stereocenters. The maximum atomic E-state index is 12.2. The molecule has 0 atom stereocenters. The number of hydrogen-bond donors (Lipinski definition) is 3. The Morgan fingerprint density at radius 1 is 1.09 bits per heavy atom. The second kappa shape index (κ2) is 6.69. The first kappa shape index (κ1) is 16.2. The van der Waals surface area contributed by atoms with Crippen molar-refractivity contribution in [3.05, 3.63) is 48.0 Å². The minimum absolute atomic E-state index is 0.0625. The quantitative estimate of drug-likeness (QED) is 0.800. The van der Waals surface area contributed by atoms with Gasteiger partial charge in [-0.3, -0.25) is 0 Å². The summed E-state index contributed by atoms with van der Waals surface area (Å²) in [6.45, 7) is 1.77. The second-order valence-electron chi connectivity index (χ2n) is 4.56. The molecule has 0 saturated heterocycles. The van der Waals surface area contributed by atoms with Crippen LogP contribution in [0.5, 0.6) is 11.5 Å². The standard InChI is InChI=1S/C16H15NO6/c1-2-23-16(22)17(13-8-7-12(18)9-14(13)19)11-5-3-10(4-6-11)15(20)21/h3-9,18-19H,2H2,1H3,(H,20,21). The molecule has 3 N–H and O–H groups in total. The third-order valence-corrected chi connectivity index (χ3v) is 3.02. The van der Waals surface area contributed by atoms with Gasteiger partial charge >= 0.3 is 12.1 Å². The molecule has 0 aliphatic rings. The largest absolute Gasteiger partial charge is 0.508 e. The van der Waals surface area contributed by atoms with Gasteiger partial charge in [0.25, 0.3) is 0 Å². The van der Waals surface area contributed by atoms with E-state index in [1.807, 2.05) is 0 Å². The third kappa shape index (κ3) is 3.52. The van der Waals surface area contributed by atoms with Crippen LogP contribution in [-0.2, 0) is 4.74 Å². The van der Waals surface area contributed by atoms with E-state index in [1.54, 1.807) is 6.92 Å². The van der Waals surface area contributed by atoms with Gasteiger partial charge in [0.05, 0.1) is 23.5 Å². The van der Waals surface area contributed by atoms with Gasteiger partial charge in [0.1, 0.15) is 11.5 Å². The number of carboxylic acid groups (broad SMARTS) is 1. The van der Waals surface area contributed by atoms with Gasteiger partial charge < -0.3 is 20.1 Å². The summed E-state index contributed by atoms with van der Waals surface area (Å²) in [6, 6.07) is 9.27. The average Bonchev–Trinajstić information content (AvgIpc) is 2.50. The van der Waals surface area contributed by atoms with Crippen LogP contribution in [0.15, 0.2) is 42.5 Å². The number of benzene rings is 2. The number of anilines is 2. The number of ether oxygens (including phenoxy) is 1. The van der Waals surface area contributed by atoms with Crippen molar-refractivity contribution in [3.63, 3.8) is 0 Å². The van der Waals surface area contributed by atoms with Gasteiger partial charge in [-0.25, -0.2) is 14.5 Å². The van der Waals surface area contributed by atoms with E-state index in [9.17, 15) is 19.8 Å². The molecule has 2 aromatic carbocycles. The smallest absolute Gasteiger partial charge is 0.419 e. The van der Waals surface area contributed by atoms with Crippen molar-refractivity contribution >= 4 is 23.4 Å². The summed E-state index contributed by atoms with van der Waals surface area (Å²) in [4.78, 5) is 24.2. The Labute approximate surface area is 132 Å². The zero-order valence-electron chi connectivity index (χ0n) is 12.3. The van der Waals surface area contributed by atoms with Gasteiger partial charge in [-0.15, -0.1) is 0 Å². The highest BCUT2D eigenvalue weighted by molar-refractivity contribution is 5.98. The molecule has 0 aliphatic heterocycles. The van der Waals surface area contributed by atoms with E-state index in [1.165, 1.54) is 36.4 Å². The highest BCUT2D eigenvalue weighted by Gasteiger charge is 2.22. The van der Waals surface area contributed by atoms with Crippen molar-refractivity contribution < 1.29 is 29.6 Å². The third-order valence-electron chi connectivity index (χ3n) is 3.02. The number of aromatic hydroxyl groups is 2. The van der Waals surface area contributed by atoms with Crippen molar-refractivity contribution in [1.82, 2.24) is 0 Å². The van der Waals surface area contributed by atoms with E-state index in [0.29, 0.717) is 5.69 Å². The van der Waals surface area contributed by atoms with Crippen LogP contribution in [0.1, 0.15) is 17.3 Å². The molecule has 0 saturated carbocycles. The van der Waals surface area contributed by atoms with Crippen LogP contribution in [-0.4, -0.2) is 34.0 Å². The molecule has 2 aromatic rings. The summed E-state index contributed by atoms with van der Waals surface area (Å²) >= 11 is 0. The van der Waals surface area contributed by atoms with Crippen molar-refractivity contribution in [2.24, 2.45) is 0 Å². The van der Waals surface area contributed by atoms with Crippen LogP contribution in [0.25, 0.3) is 0 Å². The minimum atomic E-state index is -1.09. The first-order valence-corrected chi connectivity index (χ1v) is 6.76. The van der Waals surface area contributed by atoms with Crippen LogP contribution >= 0.6 is 0 Å². The topological polar surface area (TPSA) is 107 Å². The van der Waals surface area contributed by atoms with E-state index >= 15 is 0 Å². The number of aromatic carboxylic acids is 1. The molecule has 0 bridgehead atoms. The van der Waals surface area contributed by atoms with Gasteiger partial charge in [0.2, 0.25) is 0 Å². The number of rotatable bonds is 4. The second-order valence-corrected chi connectivity index (χ2v) is 4.56. The molecule has 23 heavy (non-hydrogen) atoms. The molecule has 7 heteroatoms. The molecule has 0 fully saturated rings. The number of hydrogen-bond acceptors (Lipinski definition) is 5. The van der Waals surface area contributed by atoms with E-state index in [-0.39, 0.29) is 29.4 Å². The normalized spacial score (nSPS) is 10.1. The summed E-state index contributed by atoms with van der Waals surface area (Å²) in [7, 11) is 0. The molecule has 0 radical (unpaired) electrons. The Bertz CT molecular complexity index is 726. The lowest BCUT2D eigenvalue weighted by Crippen LogP contribution is -2.26. The molecule has 120 valence electrons. The molecule has 7 nitrogen and oxygen atoms in total. The fourth-order valence-electron chi connectivity index (χ4n) is 1.98. The van der Waals surface area contributed by atoms with E-state index in [2.05, 4.69) is 0 Å². The number of carboxylic acids is 1. The molecule has 0 spiro atoms. The monoisotopic (exact) mass is 317 g/mol. The van der Waals surface area contributed by atoms with Crippen molar-refractivity contribution in [3.8, 4) is 11.5 Å². The summed E-state index contributed by atoms with van der Waals surface area (Å²) < 4.78 is 4.97. The van der Waals surface area contributed by atoms with Crippen LogP contribution in [0, 0.1) is 0 Å². The summed E-state index contributed by atoms with van der Waals surface area (Å²) in [5, 5.41) is 28.3. The predicted molar refractivity (Wildman–Crippen MR) is 82.3 cm³/mol. The fraction of sp³-hybridized carbons (Fsp3) is 0.125. The Morgan fingerprint density at radius 3 is 2.26 bits per heavy atom. The average molecular weight is 317 g/mol. The Balaban J connectivity index is 2.49. The Hall–Kier alpha value is -3.22. The molecule has 0 aliphatic carbocycles. The number of carbonyl (C=O) groups is 2. The van der Waals surface area contributed by atoms with Gasteiger partial charge in [-0.05, 0) is 43.3 Å². The Morgan fingerprint density at radius 2 is 1.74 bits per heavy atom. The lowest BCUT2D eigenvalue weighted by atomic mass is 10.1. The predicted octanol–water partition coefficient (Wildman–Crippen LogP) is 3.09. The van der Waals surface area contributed by atoms with Crippen LogP contribution in [0.2, 0.25) is 0 Å². The first-order valence-electron chi connectivity index (χ1n) is 6.76. The van der Waals surface area contributed by atoms with Crippen LogP contribution < -0.4 is 4.90 Å². The minimum Gasteiger partial charge on any atom is -0.508 e. The summed E-state index contributed by atoms with van der Waals surface area (Å²) in [6.07, 6.45) is -0.739. The van der Waals surface area contributed by atoms with E-state index in [4.69, 9.17) is 9.84 Å². The zero-order chi connectivity index (χ0) is 17.0. The lowest BCUT2D eigenvalue weighted by molar-refractivity contribution is 0.0697. The number of nitrogens with zero attached hydrogens (tertiary/aromatic N) is 1. The van der Waals surface area contributed by atoms with E-state index < -0.39 is 12.1 Å². The van der Waals surface area contributed by atoms with Crippen LogP contribution in [0.4, 0.5) is 16.2 Å². The van der Waals surface area contributed by atoms with Crippen molar-refractivity contribution in [2.75, 3.05) is 11.5 Å². The maximum absolute atomic E-state index is 12.2. The molecule has 2 rings (SSSR count). The maximum Gasteiger partial charge on any atom is 0.419 e. The summed E-state index contributed by atoms with van der Waals surface area (Å²) in [5.74, 6) is -1.57. The molecule has 0 heterocycles. The lowest BCUT2D eigenvalue weighted by Gasteiger charge is -2.23. The van der Waals surface area contributed by atoms with Gasteiger partial charge in [-0.2, -0.15) is 0 Å². The van der Waals surface area contributed by atoms with Crippen molar-refractivity contribution in [1.29, 1.82) is 0 Å². The summed E-state index contributed by atoms with van der Waals surface area (Å²) in [5.41, 5.74) is 0.478. The Kier molecular flexibility index (Phi) is 4.70. The number of amides is 1. The van der Waals surface area contributed by atoms with E-state index in [0.717, 1.165) is 11.0 Å². The molecular formula is C16H15NO6. The molecular weight excluding hydrogens is 302 g/mol. The highest BCUT2D eigenvalue weighted by atomic mass is 16.6. The number of phenols is 2. The number of phenolic OH excluding ortho intramolecular Hbond substituents is 2. The van der Waals surface area contributed by atoms with Gasteiger partial charge in [0.15, 0.2) is 0 Å². The molecule has 1 amide bonds. The molecule has 0 aromatic heterocycles. The highest BCUT2D eigenvalue weighted by Crippen LogP contribution is 2.36. The SMILES string of the molecule is CCOC(=O)N(c1ccc(C(=O)O)cc1)c1ccc(O)cc1O. The first-order chi connectivity index (χ1) is 10.9. The van der Waals surface area contributed by atoms with Gasteiger partial charge in [-0.1, -0.05) is 0 Å². The fourth-order valence-corrected chi connectivity index (χ4v) is 1.98. The zero-order valence-corrected chi connectivity index (χ0v) is 12.3. The van der Waals surface area contributed by atoms with Gasteiger partial charge in [0, 0.05) is 6.07 Å². The van der Waals surface area contributed by atoms with Crippen molar-refractivity contribution in [2.45, 2.75) is 6.92 Å². The van der Waals surface area contributed by atoms with Crippen LogP contribution in [0.3, 0.4) is 0 Å². The number of carbonyl (C=O) groups excluding carboxylic acids is 1.